The summed E-state index contributed by atoms with van der Waals surface area (Å²) in [6.07, 6.45) is 2.00. The van der Waals surface area contributed by atoms with Gasteiger partial charge in [0.1, 0.15) is 10.6 Å². The Bertz CT molecular complexity index is 548. The Morgan fingerprint density at radius 3 is 2.95 bits per heavy atom. The first-order chi connectivity index (χ1) is 10.3. The third-order valence-corrected chi connectivity index (χ3v) is 3.70. The van der Waals surface area contributed by atoms with Gasteiger partial charge in [0, 0.05) is 20.3 Å². The van der Waals surface area contributed by atoms with Gasteiger partial charge in [0.25, 0.3) is 0 Å². The number of ether oxygens (including phenoxy) is 2. The minimum Gasteiger partial charge on any atom is -0.382 e. The lowest BCUT2D eigenvalue weighted by Gasteiger charge is -2.08. The zero-order valence-corrected chi connectivity index (χ0v) is 12.9. The Labute approximate surface area is 127 Å². The minimum absolute atomic E-state index is 0.426. The Morgan fingerprint density at radius 1 is 1.24 bits per heavy atom. The molecule has 21 heavy (non-hydrogen) atoms. The topological polar surface area (TPSA) is 94.3 Å². The van der Waals surface area contributed by atoms with E-state index in [4.69, 9.17) is 15.3 Å². The van der Waals surface area contributed by atoms with Crippen LogP contribution < -0.4 is 16.6 Å². The molecule has 0 atom stereocenters. The maximum absolute atomic E-state index is 5.42. The van der Waals surface area contributed by atoms with Crippen molar-refractivity contribution in [1.29, 1.82) is 0 Å². The van der Waals surface area contributed by atoms with Gasteiger partial charge in [-0.25, -0.2) is 10.8 Å². The van der Waals surface area contributed by atoms with E-state index in [1.54, 1.807) is 18.4 Å². The van der Waals surface area contributed by atoms with Gasteiger partial charge in [0.2, 0.25) is 5.95 Å². The number of unbranched alkanes of at least 4 members (excludes halogenated alkanes) is 1. The van der Waals surface area contributed by atoms with Gasteiger partial charge in [-0.3, -0.25) is 5.43 Å². The molecule has 0 aliphatic carbocycles. The lowest BCUT2D eigenvalue weighted by molar-refractivity contribution is 0.0691. The smallest absolute Gasteiger partial charge is 0.240 e. The zero-order chi connectivity index (χ0) is 14.9. The number of hydrazine groups is 1. The van der Waals surface area contributed by atoms with Crippen molar-refractivity contribution in [3.05, 3.63) is 11.4 Å². The molecule has 7 nitrogen and oxygen atoms in total. The van der Waals surface area contributed by atoms with Crippen LogP contribution in [0.3, 0.4) is 0 Å². The van der Waals surface area contributed by atoms with E-state index in [2.05, 4.69) is 20.7 Å². The van der Waals surface area contributed by atoms with E-state index in [0.717, 1.165) is 42.0 Å². The maximum atomic E-state index is 5.42. The van der Waals surface area contributed by atoms with E-state index in [1.165, 1.54) is 0 Å². The fraction of sp³-hybridized carbons (Fsp3) is 0.538. The highest BCUT2D eigenvalue weighted by Gasteiger charge is 2.07. The van der Waals surface area contributed by atoms with Gasteiger partial charge in [-0.05, 0) is 24.3 Å². The van der Waals surface area contributed by atoms with Crippen LogP contribution >= 0.6 is 11.3 Å². The molecule has 0 amide bonds. The van der Waals surface area contributed by atoms with Crippen molar-refractivity contribution in [1.82, 2.24) is 9.97 Å². The molecule has 0 aliphatic heterocycles. The van der Waals surface area contributed by atoms with Crippen LogP contribution in [0.2, 0.25) is 0 Å². The van der Waals surface area contributed by atoms with E-state index in [-0.39, 0.29) is 0 Å². The maximum Gasteiger partial charge on any atom is 0.240 e. The summed E-state index contributed by atoms with van der Waals surface area (Å²) < 4.78 is 10.3. The molecule has 0 radical (unpaired) electrons. The molecule has 0 unspecified atom stereocenters. The van der Waals surface area contributed by atoms with Crippen molar-refractivity contribution in [2.75, 3.05) is 44.2 Å². The summed E-state index contributed by atoms with van der Waals surface area (Å²) in [7, 11) is 1.67. The van der Waals surface area contributed by atoms with Gasteiger partial charge in [-0.2, -0.15) is 4.98 Å². The van der Waals surface area contributed by atoms with Crippen molar-refractivity contribution in [2.24, 2.45) is 5.84 Å². The van der Waals surface area contributed by atoms with Crippen LogP contribution in [0, 0.1) is 0 Å². The average molecular weight is 311 g/mol. The number of hydrogen-bond donors (Lipinski definition) is 3. The Morgan fingerprint density at radius 2 is 2.14 bits per heavy atom. The number of rotatable bonds is 10. The largest absolute Gasteiger partial charge is 0.382 e. The predicted molar refractivity (Wildman–Crippen MR) is 85.6 cm³/mol. The number of nitrogens with zero attached hydrogens (tertiary/aromatic N) is 2. The molecule has 0 spiro atoms. The van der Waals surface area contributed by atoms with Crippen molar-refractivity contribution < 1.29 is 9.47 Å². The highest BCUT2D eigenvalue weighted by Crippen LogP contribution is 2.26. The molecule has 4 N–H and O–H groups in total. The van der Waals surface area contributed by atoms with E-state index in [9.17, 15) is 0 Å². The van der Waals surface area contributed by atoms with Crippen molar-refractivity contribution >= 4 is 33.3 Å². The highest BCUT2D eigenvalue weighted by atomic mass is 32.1. The molecule has 2 heterocycles. The standard InChI is InChI=1S/C13H21N5O2S/c1-19-7-8-20-6-3-2-5-15-11-10-4-9-21-12(10)17-13(16-11)18-14/h4,9H,2-3,5-8,14H2,1H3,(H2,15,16,17,18). The van der Waals surface area contributed by atoms with Crippen molar-refractivity contribution in [2.45, 2.75) is 12.8 Å². The predicted octanol–water partition coefficient (Wildman–Crippen LogP) is 1.83. The number of hydrogen-bond acceptors (Lipinski definition) is 8. The van der Waals surface area contributed by atoms with Crippen LogP contribution in [0.4, 0.5) is 11.8 Å². The molecular formula is C13H21N5O2S. The first-order valence-corrected chi connectivity index (χ1v) is 7.75. The fourth-order valence-electron chi connectivity index (χ4n) is 1.83. The summed E-state index contributed by atoms with van der Waals surface area (Å²) in [5.74, 6) is 6.63. The van der Waals surface area contributed by atoms with Crippen molar-refractivity contribution in [3.63, 3.8) is 0 Å². The third kappa shape index (κ3) is 4.78. The second-order valence-electron chi connectivity index (χ2n) is 4.42. The average Bonchev–Trinajstić information content (AvgIpc) is 2.98. The molecule has 0 aliphatic rings. The highest BCUT2D eigenvalue weighted by molar-refractivity contribution is 7.16. The van der Waals surface area contributed by atoms with Crippen LogP contribution in [0.1, 0.15) is 12.8 Å². The SMILES string of the molecule is COCCOCCCCNc1nc(NN)nc2sccc12. The van der Waals surface area contributed by atoms with Crippen LogP contribution in [0.5, 0.6) is 0 Å². The quantitative estimate of drug-likeness (QED) is 0.350. The number of nitrogen functional groups attached to an aromatic ring is 1. The fourth-order valence-corrected chi connectivity index (χ4v) is 2.60. The lowest BCUT2D eigenvalue weighted by atomic mass is 10.3. The van der Waals surface area contributed by atoms with E-state index in [0.29, 0.717) is 19.2 Å². The van der Waals surface area contributed by atoms with E-state index in [1.807, 2.05) is 11.4 Å². The number of thiophene rings is 1. The molecule has 0 aromatic carbocycles. The number of aromatic nitrogens is 2. The first-order valence-electron chi connectivity index (χ1n) is 6.87. The number of fused-ring (bicyclic) bond motifs is 1. The Balaban J connectivity index is 1.76. The van der Waals surface area contributed by atoms with Crippen LogP contribution in [-0.4, -0.2) is 43.4 Å². The molecule has 0 saturated carbocycles. The summed E-state index contributed by atoms with van der Waals surface area (Å²) in [5.41, 5.74) is 2.49. The Kier molecular flexibility index (Phi) is 6.61. The number of anilines is 2. The van der Waals surface area contributed by atoms with Crippen LogP contribution in [0.25, 0.3) is 10.2 Å². The summed E-state index contributed by atoms with van der Waals surface area (Å²) in [6, 6.07) is 2.01. The number of nitrogens with one attached hydrogen (secondary N) is 2. The molecular weight excluding hydrogens is 290 g/mol. The molecule has 0 bridgehead atoms. The monoisotopic (exact) mass is 311 g/mol. The van der Waals surface area contributed by atoms with Gasteiger partial charge in [-0.1, -0.05) is 0 Å². The molecule has 2 aromatic rings. The van der Waals surface area contributed by atoms with Gasteiger partial charge in [0.05, 0.1) is 18.6 Å². The molecule has 8 heteroatoms. The van der Waals surface area contributed by atoms with E-state index < -0.39 is 0 Å². The number of nitrogens with two attached hydrogens (primary N) is 1. The second-order valence-corrected chi connectivity index (χ2v) is 5.31. The van der Waals surface area contributed by atoms with E-state index >= 15 is 0 Å². The molecule has 2 aromatic heterocycles. The summed E-state index contributed by atoms with van der Waals surface area (Å²) >= 11 is 1.57. The van der Waals surface area contributed by atoms with Gasteiger partial charge in [-0.15, -0.1) is 11.3 Å². The Hall–Kier alpha value is -1.48. The van der Waals surface area contributed by atoms with Gasteiger partial charge >= 0.3 is 0 Å². The second kappa shape index (κ2) is 8.73. The molecule has 0 fully saturated rings. The zero-order valence-electron chi connectivity index (χ0n) is 12.1. The first kappa shape index (κ1) is 15.9. The normalized spacial score (nSPS) is 11.0. The van der Waals surface area contributed by atoms with Crippen molar-refractivity contribution in [3.8, 4) is 0 Å². The molecule has 2 rings (SSSR count). The summed E-state index contributed by atoms with van der Waals surface area (Å²) in [4.78, 5) is 9.57. The van der Waals surface area contributed by atoms with Crippen LogP contribution in [0.15, 0.2) is 11.4 Å². The molecule has 116 valence electrons. The van der Waals surface area contributed by atoms with Gasteiger partial charge < -0.3 is 14.8 Å². The number of methoxy groups -OCH3 is 1. The summed E-state index contributed by atoms with van der Waals surface area (Å²) in [6.45, 7) is 2.87. The molecule has 0 saturated heterocycles. The summed E-state index contributed by atoms with van der Waals surface area (Å²) in [5, 5.41) is 6.35. The van der Waals surface area contributed by atoms with Gasteiger partial charge in [0.15, 0.2) is 0 Å². The lowest BCUT2D eigenvalue weighted by Crippen LogP contribution is -2.12. The minimum atomic E-state index is 0.426. The third-order valence-electron chi connectivity index (χ3n) is 2.89. The van der Waals surface area contributed by atoms with Crippen LogP contribution in [-0.2, 0) is 9.47 Å².